The average Bonchev–Trinajstić information content (AvgIpc) is 2.48. The summed E-state index contributed by atoms with van der Waals surface area (Å²) in [5, 5.41) is 18.7. The minimum absolute atomic E-state index is 0.311. The van der Waals surface area contributed by atoms with Crippen LogP contribution in [0.2, 0.25) is 0 Å². The molecule has 0 aromatic carbocycles. The SMILES string of the molecule is CCCCCCC(C(=O)O)=C(C=C(CCCC)C(=O)O)CC. The van der Waals surface area contributed by atoms with E-state index in [1.807, 2.05) is 13.8 Å². The lowest BCUT2D eigenvalue weighted by Crippen LogP contribution is -2.07. The topological polar surface area (TPSA) is 74.6 Å². The van der Waals surface area contributed by atoms with Gasteiger partial charge in [-0.25, -0.2) is 9.59 Å². The van der Waals surface area contributed by atoms with Crippen molar-refractivity contribution in [1.29, 1.82) is 0 Å². The number of carboxylic acids is 2. The fraction of sp³-hybridized carbons (Fsp3) is 0.667. The zero-order chi connectivity index (χ0) is 17.0. The maximum atomic E-state index is 11.5. The van der Waals surface area contributed by atoms with Gasteiger partial charge in [-0.2, -0.15) is 0 Å². The molecule has 0 aromatic rings. The third kappa shape index (κ3) is 8.01. The van der Waals surface area contributed by atoms with E-state index in [9.17, 15) is 19.8 Å². The van der Waals surface area contributed by atoms with Crippen LogP contribution in [0.15, 0.2) is 22.8 Å². The third-order valence-corrected chi connectivity index (χ3v) is 3.73. The molecule has 0 aliphatic rings. The maximum absolute atomic E-state index is 11.5. The maximum Gasteiger partial charge on any atom is 0.331 e. The zero-order valence-electron chi connectivity index (χ0n) is 14.2. The summed E-state index contributed by atoms with van der Waals surface area (Å²) in [4.78, 5) is 22.8. The van der Waals surface area contributed by atoms with Gasteiger partial charge < -0.3 is 10.2 Å². The molecule has 0 heterocycles. The first kappa shape index (κ1) is 20.4. The molecule has 2 N–H and O–H groups in total. The van der Waals surface area contributed by atoms with Gasteiger partial charge in [-0.05, 0) is 43.8 Å². The van der Waals surface area contributed by atoms with E-state index in [-0.39, 0.29) is 0 Å². The van der Waals surface area contributed by atoms with Crippen LogP contribution in [-0.4, -0.2) is 22.2 Å². The van der Waals surface area contributed by atoms with Gasteiger partial charge in [0.2, 0.25) is 0 Å². The Hall–Kier alpha value is -1.58. The molecule has 0 aliphatic carbocycles. The predicted octanol–water partition coefficient (Wildman–Crippen LogP) is 4.95. The van der Waals surface area contributed by atoms with E-state index in [2.05, 4.69) is 6.92 Å². The van der Waals surface area contributed by atoms with Crippen molar-refractivity contribution < 1.29 is 19.8 Å². The summed E-state index contributed by atoms with van der Waals surface area (Å²) >= 11 is 0. The fourth-order valence-electron chi connectivity index (χ4n) is 2.35. The van der Waals surface area contributed by atoms with Gasteiger partial charge in [0, 0.05) is 11.1 Å². The third-order valence-electron chi connectivity index (χ3n) is 3.73. The van der Waals surface area contributed by atoms with Crippen molar-refractivity contribution in [2.24, 2.45) is 0 Å². The Morgan fingerprint density at radius 3 is 1.91 bits per heavy atom. The molecule has 0 unspecified atom stereocenters. The average molecular weight is 310 g/mol. The second-order valence-corrected chi connectivity index (χ2v) is 5.55. The number of aliphatic carboxylic acids is 2. The minimum atomic E-state index is -0.949. The number of hydrogen-bond donors (Lipinski definition) is 2. The van der Waals surface area contributed by atoms with Crippen molar-refractivity contribution in [3.63, 3.8) is 0 Å². The van der Waals surface area contributed by atoms with Gasteiger partial charge in [0.25, 0.3) is 0 Å². The number of carboxylic acid groups (broad SMARTS) is 2. The normalized spacial score (nSPS) is 13.0. The number of unbranched alkanes of at least 4 members (excludes halogenated alkanes) is 4. The van der Waals surface area contributed by atoms with Gasteiger partial charge >= 0.3 is 11.9 Å². The van der Waals surface area contributed by atoms with Crippen LogP contribution in [0.4, 0.5) is 0 Å². The van der Waals surface area contributed by atoms with Crippen molar-refractivity contribution in [3.05, 3.63) is 22.8 Å². The molecule has 4 nitrogen and oxygen atoms in total. The highest BCUT2D eigenvalue weighted by Gasteiger charge is 2.14. The van der Waals surface area contributed by atoms with E-state index in [0.717, 1.165) is 38.5 Å². The molecule has 0 fully saturated rings. The molecule has 0 spiro atoms. The van der Waals surface area contributed by atoms with Crippen LogP contribution in [0.5, 0.6) is 0 Å². The highest BCUT2D eigenvalue weighted by atomic mass is 16.4. The van der Waals surface area contributed by atoms with Crippen LogP contribution >= 0.6 is 0 Å². The summed E-state index contributed by atoms with van der Waals surface area (Å²) in [6, 6.07) is 0. The summed E-state index contributed by atoms with van der Waals surface area (Å²) < 4.78 is 0. The molecule has 4 heteroatoms. The van der Waals surface area contributed by atoms with Crippen molar-refractivity contribution in [2.75, 3.05) is 0 Å². The molecule has 0 rings (SSSR count). The molecule has 0 amide bonds. The predicted molar refractivity (Wildman–Crippen MR) is 89.0 cm³/mol. The summed E-state index contributed by atoms with van der Waals surface area (Å²) in [7, 11) is 0. The zero-order valence-corrected chi connectivity index (χ0v) is 14.2. The van der Waals surface area contributed by atoms with E-state index in [1.54, 1.807) is 6.08 Å². The Bertz CT molecular complexity index is 419. The number of carbonyl (C=O) groups is 2. The van der Waals surface area contributed by atoms with Gasteiger partial charge in [0.15, 0.2) is 0 Å². The second-order valence-electron chi connectivity index (χ2n) is 5.55. The Kier molecular flexibility index (Phi) is 11.2. The summed E-state index contributed by atoms with van der Waals surface area (Å²) in [5.41, 5.74) is 1.33. The fourth-order valence-corrected chi connectivity index (χ4v) is 2.35. The minimum Gasteiger partial charge on any atom is -0.478 e. The van der Waals surface area contributed by atoms with Crippen molar-refractivity contribution in [1.82, 2.24) is 0 Å². The first-order valence-corrected chi connectivity index (χ1v) is 8.36. The van der Waals surface area contributed by atoms with Crippen LogP contribution in [0.3, 0.4) is 0 Å². The lowest BCUT2D eigenvalue weighted by Gasteiger charge is -2.09. The van der Waals surface area contributed by atoms with Crippen LogP contribution in [0, 0.1) is 0 Å². The summed E-state index contributed by atoms with van der Waals surface area (Å²) in [5.74, 6) is -1.88. The largest absolute Gasteiger partial charge is 0.478 e. The quantitative estimate of drug-likeness (QED) is 0.304. The lowest BCUT2D eigenvalue weighted by atomic mass is 9.96. The van der Waals surface area contributed by atoms with Gasteiger partial charge in [-0.3, -0.25) is 0 Å². The highest BCUT2D eigenvalue weighted by molar-refractivity contribution is 5.90. The first-order chi connectivity index (χ1) is 10.5. The molecule has 0 bridgehead atoms. The summed E-state index contributed by atoms with van der Waals surface area (Å²) in [6.45, 7) is 5.99. The Morgan fingerprint density at radius 2 is 1.45 bits per heavy atom. The van der Waals surface area contributed by atoms with Gasteiger partial charge in [-0.15, -0.1) is 0 Å². The van der Waals surface area contributed by atoms with E-state index in [1.165, 1.54) is 0 Å². The molecule has 0 saturated carbocycles. The van der Waals surface area contributed by atoms with Crippen LogP contribution in [0.25, 0.3) is 0 Å². The number of hydrogen-bond acceptors (Lipinski definition) is 2. The number of allylic oxidation sites excluding steroid dienone is 2. The summed E-state index contributed by atoms with van der Waals surface area (Å²) in [6.07, 6.45) is 8.88. The number of rotatable bonds is 12. The smallest absolute Gasteiger partial charge is 0.331 e. The van der Waals surface area contributed by atoms with E-state index < -0.39 is 11.9 Å². The van der Waals surface area contributed by atoms with Gasteiger partial charge in [0.05, 0.1) is 0 Å². The molecular formula is C18H30O4. The Morgan fingerprint density at radius 1 is 0.818 bits per heavy atom. The second kappa shape index (κ2) is 12.0. The molecule has 126 valence electrons. The first-order valence-electron chi connectivity index (χ1n) is 8.36. The highest BCUT2D eigenvalue weighted by Crippen LogP contribution is 2.21. The van der Waals surface area contributed by atoms with Crippen molar-refractivity contribution in [3.8, 4) is 0 Å². The van der Waals surface area contributed by atoms with Crippen LogP contribution in [-0.2, 0) is 9.59 Å². The molecule has 0 radical (unpaired) electrons. The molecule has 22 heavy (non-hydrogen) atoms. The standard InChI is InChI=1S/C18H30O4/c1-4-7-9-10-12-16(18(21)22)14(6-3)13-15(17(19)20)11-8-5-2/h13H,4-12H2,1-3H3,(H,19,20)(H,21,22). The molecule has 0 aromatic heterocycles. The van der Waals surface area contributed by atoms with Crippen molar-refractivity contribution in [2.45, 2.75) is 78.6 Å². The van der Waals surface area contributed by atoms with Crippen LogP contribution < -0.4 is 0 Å². The van der Waals surface area contributed by atoms with E-state index >= 15 is 0 Å². The van der Waals surface area contributed by atoms with Gasteiger partial charge in [0.1, 0.15) is 0 Å². The monoisotopic (exact) mass is 310 g/mol. The molecule has 0 aliphatic heterocycles. The Labute approximate surface area is 133 Å². The molecule has 0 saturated heterocycles. The van der Waals surface area contributed by atoms with Crippen LogP contribution in [0.1, 0.15) is 78.6 Å². The Balaban J connectivity index is 5.28. The molecule has 0 atom stereocenters. The van der Waals surface area contributed by atoms with Crippen molar-refractivity contribution >= 4 is 11.9 Å². The lowest BCUT2D eigenvalue weighted by molar-refractivity contribution is -0.134. The van der Waals surface area contributed by atoms with Gasteiger partial charge in [-0.1, -0.05) is 46.5 Å². The molecular weight excluding hydrogens is 280 g/mol. The van der Waals surface area contributed by atoms with E-state index in [0.29, 0.717) is 36.0 Å². The van der Waals surface area contributed by atoms with E-state index in [4.69, 9.17) is 0 Å².